The van der Waals surface area contributed by atoms with Gasteiger partial charge in [-0.2, -0.15) is 5.10 Å². The van der Waals surface area contributed by atoms with E-state index >= 15 is 0 Å². The highest BCUT2D eigenvalue weighted by molar-refractivity contribution is 9.11. The zero-order valence-electron chi connectivity index (χ0n) is 12.5. The molecule has 0 bridgehead atoms. The summed E-state index contributed by atoms with van der Waals surface area (Å²) in [5.74, 6) is -0.141. The topological polar surface area (TPSA) is 59.8 Å². The molecule has 23 heavy (non-hydrogen) atoms. The molecule has 1 N–H and O–H groups in total. The zero-order valence-corrected chi connectivity index (χ0v) is 15.7. The molecule has 2 aromatic heterocycles. The molecular weight excluding hydrogens is 424 g/mol. The highest BCUT2D eigenvalue weighted by atomic mass is 79.9. The first-order valence-corrected chi connectivity index (χ1v) is 8.61. The first-order chi connectivity index (χ1) is 11.0. The third-order valence-corrected chi connectivity index (χ3v) is 5.18. The lowest BCUT2D eigenvalue weighted by molar-refractivity contribution is -0.119. The van der Waals surface area contributed by atoms with Crippen molar-refractivity contribution in [3.8, 4) is 0 Å². The maximum atomic E-state index is 12.6. The molecule has 1 unspecified atom stereocenters. The van der Waals surface area contributed by atoms with E-state index < -0.39 is 6.04 Å². The number of amides is 1. The fourth-order valence-electron chi connectivity index (χ4n) is 2.38. The maximum Gasteiger partial charge on any atom is 0.249 e. The van der Waals surface area contributed by atoms with Crippen molar-refractivity contribution in [3.63, 3.8) is 0 Å². The van der Waals surface area contributed by atoms with E-state index in [2.05, 4.69) is 47.3 Å². The minimum atomic E-state index is -0.427. The average molecular weight is 438 g/mol. The summed E-state index contributed by atoms with van der Waals surface area (Å²) in [7, 11) is 0. The predicted molar refractivity (Wildman–Crippen MR) is 97.4 cm³/mol. The Bertz CT molecular complexity index is 891. The normalized spacial score (nSPS) is 12.3. The standard InChI is InChI=1S/C16H14Br2N4O/c1-9-13(18)8-20-22(9)10(2)16(23)21-14-6-5-12(17)11-4-3-7-19-15(11)14/h3-8,10H,1-2H3,(H,21,23). The number of fused-ring (bicyclic) bond motifs is 1. The number of hydrogen-bond acceptors (Lipinski definition) is 3. The monoisotopic (exact) mass is 436 g/mol. The molecule has 0 saturated heterocycles. The summed E-state index contributed by atoms with van der Waals surface area (Å²) in [5.41, 5.74) is 2.34. The third-order valence-electron chi connectivity index (χ3n) is 3.71. The van der Waals surface area contributed by atoms with Crippen LogP contribution in [0, 0.1) is 6.92 Å². The Morgan fingerprint density at radius 1 is 1.26 bits per heavy atom. The lowest BCUT2D eigenvalue weighted by Crippen LogP contribution is -2.25. The molecule has 0 saturated carbocycles. The van der Waals surface area contributed by atoms with Crippen LogP contribution in [-0.2, 0) is 4.79 Å². The molecule has 0 fully saturated rings. The van der Waals surface area contributed by atoms with Crippen molar-refractivity contribution in [3.05, 3.63) is 51.3 Å². The summed E-state index contributed by atoms with van der Waals surface area (Å²) in [6, 6.07) is 7.14. The van der Waals surface area contributed by atoms with Crippen LogP contribution in [0.4, 0.5) is 5.69 Å². The van der Waals surface area contributed by atoms with Crippen LogP contribution in [0.15, 0.2) is 45.6 Å². The Morgan fingerprint density at radius 3 is 2.74 bits per heavy atom. The van der Waals surface area contributed by atoms with Crippen molar-refractivity contribution in [2.75, 3.05) is 5.32 Å². The molecule has 0 aliphatic heterocycles. The Labute approximate surface area is 150 Å². The second-order valence-electron chi connectivity index (χ2n) is 5.18. The van der Waals surface area contributed by atoms with Crippen LogP contribution in [0.5, 0.6) is 0 Å². The van der Waals surface area contributed by atoms with E-state index in [9.17, 15) is 4.79 Å². The lowest BCUT2D eigenvalue weighted by Gasteiger charge is -2.15. The van der Waals surface area contributed by atoms with E-state index in [0.717, 1.165) is 25.5 Å². The van der Waals surface area contributed by atoms with Crippen molar-refractivity contribution in [2.45, 2.75) is 19.9 Å². The SMILES string of the molecule is Cc1c(Br)cnn1C(C)C(=O)Nc1ccc(Br)c2cccnc12. The molecule has 1 aromatic carbocycles. The van der Waals surface area contributed by atoms with Gasteiger partial charge < -0.3 is 5.32 Å². The van der Waals surface area contributed by atoms with Gasteiger partial charge in [-0.05, 0) is 48.0 Å². The van der Waals surface area contributed by atoms with Crippen LogP contribution in [-0.4, -0.2) is 20.7 Å². The van der Waals surface area contributed by atoms with Gasteiger partial charge >= 0.3 is 0 Å². The second-order valence-corrected chi connectivity index (χ2v) is 6.89. The molecule has 1 atom stereocenters. The van der Waals surface area contributed by atoms with Crippen LogP contribution in [0.1, 0.15) is 18.7 Å². The summed E-state index contributed by atoms with van der Waals surface area (Å²) >= 11 is 6.91. The predicted octanol–water partition coefficient (Wildman–Crippen LogP) is 4.46. The molecule has 1 amide bonds. The molecule has 0 aliphatic rings. The number of carbonyl (C=O) groups excluding carboxylic acids is 1. The number of hydrogen-bond donors (Lipinski definition) is 1. The molecule has 118 valence electrons. The van der Waals surface area contributed by atoms with Gasteiger partial charge in [0.05, 0.1) is 27.6 Å². The number of halogens is 2. The number of nitrogens with zero attached hydrogens (tertiary/aromatic N) is 3. The van der Waals surface area contributed by atoms with E-state index in [-0.39, 0.29) is 5.91 Å². The van der Waals surface area contributed by atoms with Gasteiger partial charge in [0.25, 0.3) is 0 Å². The summed E-state index contributed by atoms with van der Waals surface area (Å²) in [6.07, 6.45) is 3.40. The number of carbonyl (C=O) groups is 1. The summed E-state index contributed by atoms with van der Waals surface area (Å²) < 4.78 is 3.51. The molecule has 7 heteroatoms. The van der Waals surface area contributed by atoms with E-state index in [0.29, 0.717) is 5.69 Å². The molecule has 3 rings (SSSR count). The van der Waals surface area contributed by atoms with Crippen LogP contribution >= 0.6 is 31.9 Å². The Morgan fingerprint density at radius 2 is 2.04 bits per heavy atom. The molecule has 3 aromatic rings. The van der Waals surface area contributed by atoms with E-state index in [1.807, 2.05) is 38.1 Å². The van der Waals surface area contributed by atoms with Gasteiger partial charge in [0, 0.05) is 16.1 Å². The van der Waals surface area contributed by atoms with Crippen molar-refractivity contribution >= 4 is 54.4 Å². The maximum absolute atomic E-state index is 12.6. The Balaban J connectivity index is 1.92. The number of rotatable bonds is 3. The number of pyridine rings is 1. The Kier molecular flexibility index (Phi) is 4.50. The minimum Gasteiger partial charge on any atom is -0.322 e. The third kappa shape index (κ3) is 3.03. The first kappa shape index (κ1) is 16.1. The average Bonchev–Trinajstić information content (AvgIpc) is 2.89. The summed E-state index contributed by atoms with van der Waals surface area (Å²) in [4.78, 5) is 17.0. The Hall–Kier alpha value is -1.73. The van der Waals surface area contributed by atoms with E-state index in [1.54, 1.807) is 17.1 Å². The number of anilines is 1. The van der Waals surface area contributed by atoms with Gasteiger partial charge in [0.2, 0.25) is 5.91 Å². The smallest absolute Gasteiger partial charge is 0.249 e. The van der Waals surface area contributed by atoms with Crippen LogP contribution in [0.25, 0.3) is 10.9 Å². The quantitative estimate of drug-likeness (QED) is 0.657. The van der Waals surface area contributed by atoms with Crippen molar-refractivity contribution in [2.24, 2.45) is 0 Å². The highest BCUT2D eigenvalue weighted by Crippen LogP contribution is 2.29. The van der Waals surface area contributed by atoms with Gasteiger partial charge in [-0.25, -0.2) is 0 Å². The van der Waals surface area contributed by atoms with E-state index in [1.165, 1.54) is 0 Å². The van der Waals surface area contributed by atoms with Crippen LogP contribution < -0.4 is 5.32 Å². The number of nitrogens with one attached hydrogen (secondary N) is 1. The largest absolute Gasteiger partial charge is 0.322 e. The highest BCUT2D eigenvalue weighted by Gasteiger charge is 2.19. The zero-order chi connectivity index (χ0) is 16.6. The molecule has 0 aliphatic carbocycles. The fourth-order valence-corrected chi connectivity index (χ4v) is 3.11. The number of aromatic nitrogens is 3. The molecule has 5 nitrogen and oxygen atoms in total. The van der Waals surface area contributed by atoms with Crippen molar-refractivity contribution < 1.29 is 4.79 Å². The fraction of sp³-hybridized carbons (Fsp3) is 0.188. The van der Waals surface area contributed by atoms with Crippen molar-refractivity contribution in [1.29, 1.82) is 0 Å². The lowest BCUT2D eigenvalue weighted by atomic mass is 10.2. The summed E-state index contributed by atoms with van der Waals surface area (Å²) in [5, 5.41) is 8.14. The first-order valence-electron chi connectivity index (χ1n) is 7.02. The van der Waals surface area contributed by atoms with Crippen LogP contribution in [0.2, 0.25) is 0 Å². The van der Waals surface area contributed by atoms with Gasteiger partial charge in [-0.15, -0.1) is 0 Å². The van der Waals surface area contributed by atoms with Crippen molar-refractivity contribution in [1.82, 2.24) is 14.8 Å². The second kappa shape index (κ2) is 6.41. The van der Waals surface area contributed by atoms with Gasteiger partial charge in [0.15, 0.2) is 0 Å². The van der Waals surface area contributed by atoms with Gasteiger partial charge in [-0.1, -0.05) is 22.0 Å². The molecule has 0 radical (unpaired) electrons. The van der Waals surface area contributed by atoms with E-state index in [4.69, 9.17) is 0 Å². The number of benzene rings is 1. The molecule has 2 heterocycles. The summed E-state index contributed by atoms with van der Waals surface area (Å²) in [6.45, 7) is 3.73. The van der Waals surface area contributed by atoms with Crippen LogP contribution in [0.3, 0.4) is 0 Å². The van der Waals surface area contributed by atoms with Gasteiger partial charge in [0.1, 0.15) is 6.04 Å². The molecule has 0 spiro atoms. The minimum absolute atomic E-state index is 0.141. The van der Waals surface area contributed by atoms with Gasteiger partial charge in [-0.3, -0.25) is 14.5 Å². The molecular formula is C16H14Br2N4O.